The van der Waals surface area contributed by atoms with Crippen LogP contribution in [0.15, 0.2) is 77.4 Å². The summed E-state index contributed by atoms with van der Waals surface area (Å²) in [5.74, 6) is -0.568. The molecule has 0 bridgehead atoms. The van der Waals surface area contributed by atoms with Crippen LogP contribution in [0, 0.1) is 0 Å². The standard InChI is InChI=1S/C24H23NO5/c1-17(22-8-5-15-29-22)25-23(27)16-30-24(28)14-13-21(26)20-11-9-19(10-12-20)18-6-3-2-4-7-18/h2-12,15,17H,13-14,16H2,1H3,(H,25,27)/t17-/m1/s1. The molecule has 0 fully saturated rings. The summed E-state index contributed by atoms with van der Waals surface area (Å²) in [6.07, 6.45) is 1.46. The molecule has 0 saturated carbocycles. The van der Waals surface area contributed by atoms with Gasteiger partial charge in [0.05, 0.1) is 18.7 Å². The molecule has 1 amide bonds. The molecule has 6 heteroatoms. The summed E-state index contributed by atoms with van der Waals surface area (Å²) in [7, 11) is 0. The lowest BCUT2D eigenvalue weighted by Gasteiger charge is -2.11. The van der Waals surface area contributed by atoms with E-state index in [1.54, 1.807) is 31.2 Å². The summed E-state index contributed by atoms with van der Waals surface area (Å²) in [6.45, 7) is 1.37. The SMILES string of the molecule is C[C@@H](NC(=O)COC(=O)CCC(=O)c1ccc(-c2ccccc2)cc1)c1ccco1. The number of hydrogen-bond donors (Lipinski definition) is 1. The number of benzene rings is 2. The van der Waals surface area contributed by atoms with Crippen molar-refractivity contribution in [2.45, 2.75) is 25.8 Å². The lowest BCUT2D eigenvalue weighted by Crippen LogP contribution is -2.31. The zero-order chi connectivity index (χ0) is 21.3. The summed E-state index contributed by atoms with van der Waals surface area (Å²) >= 11 is 0. The summed E-state index contributed by atoms with van der Waals surface area (Å²) in [5, 5.41) is 2.67. The highest BCUT2D eigenvalue weighted by Gasteiger charge is 2.15. The van der Waals surface area contributed by atoms with Gasteiger partial charge in [-0.1, -0.05) is 54.6 Å². The smallest absolute Gasteiger partial charge is 0.306 e. The molecule has 0 aliphatic heterocycles. The molecule has 0 spiro atoms. The van der Waals surface area contributed by atoms with Gasteiger partial charge in [0.2, 0.25) is 0 Å². The highest BCUT2D eigenvalue weighted by atomic mass is 16.5. The number of carbonyl (C=O) groups excluding carboxylic acids is 3. The number of Topliss-reactive ketones (excluding diaryl/α,β-unsaturated/α-hetero) is 1. The van der Waals surface area contributed by atoms with Crippen LogP contribution in [-0.2, 0) is 14.3 Å². The fourth-order valence-electron chi connectivity index (χ4n) is 2.95. The van der Waals surface area contributed by atoms with Gasteiger partial charge in [0.1, 0.15) is 5.76 Å². The van der Waals surface area contributed by atoms with E-state index in [0.717, 1.165) is 11.1 Å². The quantitative estimate of drug-likeness (QED) is 0.423. The fraction of sp³-hybridized carbons (Fsp3) is 0.208. The first-order chi connectivity index (χ1) is 14.5. The number of amides is 1. The molecule has 0 aliphatic carbocycles. The Morgan fingerprint density at radius 2 is 1.60 bits per heavy atom. The summed E-state index contributed by atoms with van der Waals surface area (Å²) in [4.78, 5) is 36.0. The maximum atomic E-state index is 12.3. The normalized spacial score (nSPS) is 11.5. The van der Waals surface area contributed by atoms with Crippen molar-refractivity contribution in [1.82, 2.24) is 5.32 Å². The molecule has 2 aromatic carbocycles. The number of nitrogens with one attached hydrogen (secondary N) is 1. The lowest BCUT2D eigenvalue weighted by atomic mass is 10.0. The minimum Gasteiger partial charge on any atom is -0.467 e. The largest absolute Gasteiger partial charge is 0.467 e. The van der Waals surface area contributed by atoms with Gasteiger partial charge < -0.3 is 14.5 Å². The van der Waals surface area contributed by atoms with Crippen molar-refractivity contribution in [2.75, 3.05) is 6.61 Å². The number of ketones is 1. The molecular formula is C24H23NO5. The Kier molecular flexibility index (Phi) is 7.16. The van der Waals surface area contributed by atoms with E-state index in [-0.39, 0.29) is 24.7 Å². The summed E-state index contributed by atoms with van der Waals surface area (Å²) < 4.78 is 10.2. The molecule has 30 heavy (non-hydrogen) atoms. The van der Waals surface area contributed by atoms with Crippen LogP contribution in [0.3, 0.4) is 0 Å². The van der Waals surface area contributed by atoms with Crippen molar-refractivity contribution in [2.24, 2.45) is 0 Å². The predicted octanol–water partition coefficient (Wildman–Crippen LogP) is 4.33. The minimum absolute atomic E-state index is 0.0218. The summed E-state index contributed by atoms with van der Waals surface area (Å²) in [6, 6.07) is 20.3. The number of furan rings is 1. The third-order valence-corrected chi connectivity index (χ3v) is 4.58. The average molecular weight is 405 g/mol. The van der Waals surface area contributed by atoms with Gasteiger partial charge in [0.15, 0.2) is 12.4 Å². The lowest BCUT2D eigenvalue weighted by molar-refractivity contribution is -0.148. The first kappa shape index (κ1) is 21.0. The number of carbonyl (C=O) groups is 3. The van der Waals surface area contributed by atoms with Crippen LogP contribution in [0.1, 0.15) is 41.9 Å². The Morgan fingerprint density at radius 1 is 0.900 bits per heavy atom. The van der Waals surface area contributed by atoms with Gasteiger partial charge in [-0.25, -0.2) is 0 Å². The van der Waals surface area contributed by atoms with Crippen LogP contribution in [0.2, 0.25) is 0 Å². The van der Waals surface area contributed by atoms with Crippen LogP contribution in [0.25, 0.3) is 11.1 Å². The Morgan fingerprint density at radius 3 is 2.27 bits per heavy atom. The minimum atomic E-state index is -0.593. The number of ether oxygens (including phenoxy) is 1. The molecular weight excluding hydrogens is 382 g/mol. The Balaban J connectivity index is 1.41. The molecule has 1 atom stereocenters. The first-order valence-electron chi connectivity index (χ1n) is 9.70. The van der Waals surface area contributed by atoms with E-state index in [4.69, 9.17) is 9.15 Å². The van der Waals surface area contributed by atoms with Crippen molar-refractivity contribution in [3.8, 4) is 11.1 Å². The molecule has 1 N–H and O–H groups in total. The van der Waals surface area contributed by atoms with Crippen molar-refractivity contribution in [3.05, 3.63) is 84.3 Å². The van der Waals surface area contributed by atoms with E-state index in [0.29, 0.717) is 11.3 Å². The van der Waals surface area contributed by atoms with Gasteiger partial charge in [-0.05, 0) is 30.2 Å². The molecule has 0 aliphatic rings. The molecule has 154 valence electrons. The van der Waals surface area contributed by atoms with E-state index in [2.05, 4.69) is 5.32 Å². The topological polar surface area (TPSA) is 85.6 Å². The second-order valence-electron chi connectivity index (χ2n) is 6.83. The predicted molar refractivity (Wildman–Crippen MR) is 112 cm³/mol. The average Bonchev–Trinajstić information content (AvgIpc) is 3.32. The first-order valence-corrected chi connectivity index (χ1v) is 9.70. The van der Waals surface area contributed by atoms with Gasteiger partial charge in [0.25, 0.3) is 5.91 Å². The van der Waals surface area contributed by atoms with Crippen molar-refractivity contribution in [3.63, 3.8) is 0 Å². The van der Waals surface area contributed by atoms with E-state index >= 15 is 0 Å². The summed E-state index contributed by atoms with van der Waals surface area (Å²) in [5.41, 5.74) is 2.62. The molecule has 0 saturated heterocycles. The van der Waals surface area contributed by atoms with Gasteiger partial charge >= 0.3 is 5.97 Å². The van der Waals surface area contributed by atoms with E-state index in [1.165, 1.54) is 6.26 Å². The third-order valence-electron chi connectivity index (χ3n) is 4.58. The third kappa shape index (κ3) is 5.91. The van der Waals surface area contributed by atoms with Crippen molar-refractivity contribution in [1.29, 1.82) is 0 Å². The molecule has 0 radical (unpaired) electrons. The second-order valence-corrected chi connectivity index (χ2v) is 6.83. The Hall–Kier alpha value is -3.67. The van der Waals surface area contributed by atoms with Crippen molar-refractivity contribution >= 4 is 17.7 Å². The monoisotopic (exact) mass is 405 g/mol. The second kappa shape index (κ2) is 10.2. The fourth-order valence-corrected chi connectivity index (χ4v) is 2.95. The van der Waals surface area contributed by atoms with E-state index in [9.17, 15) is 14.4 Å². The molecule has 3 rings (SSSR count). The number of hydrogen-bond acceptors (Lipinski definition) is 5. The van der Waals surface area contributed by atoms with Gasteiger partial charge in [-0.3, -0.25) is 14.4 Å². The highest BCUT2D eigenvalue weighted by molar-refractivity contribution is 5.98. The molecule has 3 aromatic rings. The number of rotatable bonds is 9. The molecule has 1 heterocycles. The van der Waals surface area contributed by atoms with Crippen LogP contribution >= 0.6 is 0 Å². The Bertz CT molecular complexity index is 978. The van der Waals surface area contributed by atoms with Crippen LogP contribution in [-0.4, -0.2) is 24.3 Å². The van der Waals surface area contributed by atoms with Gasteiger partial charge in [-0.15, -0.1) is 0 Å². The maximum absolute atomic E-state index is 12.3. The number of esters is 1. The van der Waals surface area contributed by atoms with Gasteiger partial charge in [-0.2, -0.15) is 0 Å². The van der Waals surface area contributed by atoms with Crippen molar-refractivity contribution < 1.29 is 23.5 Å². The maximum Gasteiger partial charge on any atom is 0.306 e. The molecule has 6 nitrogen and oxygen atoms in total. The van der Waals surface area contributed by atoms with Crippen LogP contribution in [0.5, 0.6) is 0 Å². The van der Waals surface area contributed by atoms with Gasteiger partial charge in [0, 0.05) is 12.0 Å². The zero-order valence-corrected chi connectivity index (χ0v) is 16.7. The van der Waals surface area contributed by atoms with E-state index in [1.807, 2.05) is 42.5 Å². The molecule has 0 unspecified atom stereocenters. The van der Waals surface area contributed by atoms with Crippen LogP contribution < -0.4 is 5.32 Å². The molecule has 1 aromatic heterocycles. The zero-order valence-electron chi connectivity index (χ0n) is 16.7. The highest BCUT2D eigenvalue weighted by Crippen LogP contribution is 2.20. The Labute approximate surface area is 174 Å². The van der Waals surface area contributed by atoms with Crippen LogP contribution in [0.4, 0.5) is 0 Å². The van der Waals surface area contributed by atoms with E-state index < -0.39 is 18.5 Å².